The molecule has 1 unspecified atom stereocenters. The van der Waals surface area contributed by atoms with E-state index in [0.717, 1.165) is 27.1 Å². The largest absolute Gasteiger partial charge is 0 e. The van der Waals surface area contributed by atoms with Crippen molar-refractivity contribution in [1.29, 1.82) is 0 Å². The Hall–Kier alpha value is -4.59. The molecule has 0 N–H and O–H groups in total. The molecule has 5 rings (SSSR count). The minimum atomic E-state index is -2.80. The van der Waals surface area contributed by atoms with E-state index in [-0.39, 0.29) is 37.7 Å². The van der Waals surface area contributed by atoms with Crippen molar-refractivity contribution in [3.8, 4) is 0 Å². The summed E-state index contributed by atoms with van der Waals surface area (Å²) in [5.74, 6) is -1.02. The summed E-state index contributed by atoms with van der Waals surface area (Å²) < 4.78 is 59.0. The second-order valence-corrected chi connectivity index (χ2v) is 15.9. The van der Waals surface area contributed by atoms with Gasteiger partial charge in [0.05, 0.1) is 26.4 Å². The van der Waals surface area contributed by atoms with Crippen molar-refractivity contribution in [3.05, 3.63) is 157 Å². The minimum Gasteiger partial charge on any atom is 0 e. The van der Waals surface area contributed by atoms with Crippen LogP contribution >= 0.6 is 14.7 Å². The monoisotopic (exact) mass is 934 g/mol. The first kappa shape index (κ1) is 51.5. The van der Waals surface area contributed by atoms with Gasteiger partial charge in [-0.25, -0.2) is 19.1 Å². The number of ether oxygens (including phenoxy) is 2. The van der Waals surface area contributed by atoms with Crippen LogP contribution in [0.4, 0.5) is 5.82 Å². The summed E-state index contributed by atoms with van der Waals surface area (Å²) in [5, 5.41) is 2.64. The maximum Gasteiger partial charge on any atom is 0 e. The average Bonchev–Trinajstić information content (AvgIpc) is 3.70. The number of hydrogen-bond acceptors (Lipinski definition) is 6. The molecule has 0 saturated carbocycles. The Labute approximate surface area is 331 Å². The zero-order valence-electron chi connectivity index (χ0n) is 30.5. The number of benzene rings is 3. The molecule has 1 heterocycles. The quantitative estimate of drug-likeness (QED) is 0.0799. The Morgan fingerprint density at radius 3 is 1.24 bits per heavy atom. The van der Waals surface area contributed by atoms with Gasteiger partial charge in [0, 0.05) is 44.7 Å². The number of methoxy groups -OCH3 is 2. The molecule has 0 aliphatic heterocycles. The standard InChI is InChI=1S/C35H36N2O4P2.5CO.W/c1-23-24(2)26(4)35(5,25(23)3)42-31(34(39)41-7)30(33(38)40-6)32(36-42)37-43(27-17-11-8-12-18-27,28-19-13-9-14-20-28)29-21-15-10-16-22-29;5*1-2;/h8-22H,1-7H3;;;;;;. The fourth-order valence-electron chi connectivity index (χ4n) is 5.96. The SMILES string of the molecule is COC(=O)c1c(N=P(c2ccccc2)(c2ccccc2)c2ccccc2)np(C2(C)C(C)=C(C)C(C)=C2C)c1C(=O)OC.[C-]#[O+].[C-]#[O+].[C-]#[O+].[C-]#[O+].[C-]#[O+].[W]. The molecule has 0 bridgehead atoms. The van der Waals surface area contributed by atoms with Crippen molar-refractivity contribution >= 4 is 48.4 Å². The van der Waals surface area contributed by atoms with Gasteiger partial charge in [0.15, 0.2) is 5.82 Å². The minimum absolute atomic E-state index is 0. The zero-order valence-corrected chi connectivity index (χ0v) is 35.3. The molecule has 4 aromatic rings. The van der Waals surface area contributed by atoms with E-state index in [0.29, 0.717) is 0 Å². The van der Waals surface area contributed by atoms with E-state index in [1.165, 1.54) is 25.4 Å². The molecule has 54 heavy (non-hydrogen) atoms. The van der Waals surface area contributed by atoms with Gasteiger partial charge in [0.25, 0.3) is 0 Å². The van der Waals surface area contributed by atoms with Crippen molar-refractivity contribution < 1.29 is 63.4 Å². The van der Waals surface area contributed by atoms with Gasteiger partial charge in [0.1, 0.15) is 10.9 Å². The predicted octanol–water partition coefficient (Wildman–Crippen LogP) is 7.66. The Kier molecular flexibility index (Phi) is 24.3. The number of rotatable bonds is 7. The first-order chi connectivity index (χ1) is 25.6. The Bertz CT molecular complexity index is 1920. The zero-order chi connectivity index (χ0) is 40.9. The number of esters is 2. The summed E-state index contributed by atoms with van der Waals surface area (Å²) in [6, 6.07) is 30.4. The number of carbonyl (C=O) groups is 2. The van der Waals surface area contributed by atoms with Crippen molar-refractivity contribution in [1.82, 2.24) is 4.75 Å². The Morgan fingerprint density at radius 2 is 0.944 bits per heavy atom. The summed E-state index contributed by atoms with van der Waals surface area (Å²) >= 11 is 0. The molecule has 0 radical (unpaired) electrons. The van der Waals surface area contributed by atoms with Crippen LogP contribution in [-0.2, 0) is 59.0 Å². The third-order valence-electron chi connectivity index (χ3n) is 8.84. The van der Waals surface area contributed by atoms with Gasteiger partial charge in [-0.1, -0.05) is 102 Å². The third-order valence-corrected chi connectivity index (χ3v) is 15.2. The first-order valence-electron chi connectivity index (χ1n) is 15.1. The van der Waals surface area contributed by atoms with Crippen LogP contribution in [0, 0.1) is 33.3 Å². The summed E-state index contributed by atoms with van der Waals surface area (Å²) in [6.07, 6.45) is 0. The Morgan fingerprint density at radius 1 is 0.630 bits per heavy atom. The molecule has 1 aliphatic carbocycles. The van der Waals surface area contributed by atoms with Crippen molar-refractivity contribution in [2.45, 2.75) is 39.8 Å². The van der Waals surface area contributed by atoms with Crippen LogP contribution in [0.5, 0.6) is 0 Å². The van der Waals surface area contributed by atoms with Gasteiger partial charge < -0.3 is 9.47 Å². The van der Waals surface area contributed by atoms with E-state index in [9.17, 15) is 9.59 Å². The van der Waals surface area contributed by atoms with E-state index in [1.54, 1.807) is 0 Å². The summed E-state index contributed by atoms with van der Waals surface area (Å²) in [7, 11) is -1.80. The van der Waals surface area contributed by atoms with E-state index < -0.39 is 31.8 Å². The van der Waals surface area contributed by atoms with Gasteiger partial charge in [0.2, 0.25) is 0 Å². The normalized spacial score (nSPS) is 12.1. The molecule has 3 aromatic carbocycles. The molecule has 1 aromatic heterocycles. The molecule has 0 fully saturated rings. The molecule has 11 nitrogen and oxygen atoms in total. The van der Waals surface area contributed by atoms with Crippen LogP contribution in [-0.4, -0.2) is 30.9 Å². The number of nitrogens with zero attached hydrogens (tertiary/aromatic N) is 2. The van der Waals surface area contributed by atoms with Crippen molar-refractivity contribution in [2.24, 2.45) is 4.74 Å². The van der Waals surface area contributed by atoms with Crippen molar-refractivity contribution in [3.63, 3.8) is 0 Å². The maximum absolute atomic E-state index is 13.7. The predicted molar refractivity (Wildman–Crippen MR) is 197 cm³/mol. The van der Waals surface area contributed by atoms with E-state index in [2.05, 4.69) is 104 Å². The first-order valence-corrected chi connectivity index (χ1v) is 18.1. The van der Waals surface area contributed by atoms with Crippen LogP contribution < -0.4 is 15.9 Å². The van der Waals surface area contributed by atoms with Gasteiger partial charge in [-0.15, -0.1) is 0 Å². The average molecular weight is 935 g/mol. The second kappa shape index (κ2) is 25.4. The van der Waals surface area contributed by atoms with E-state index in [1.807, 2.05) is 54.6 Å². The maximum atomic E-state index is 13.7. The molecule has 14 heteroatoms. The number of hydrogen-bond donors (Lipinski definition) is 0. The van der Waals surface area contributed by atoms with Crippen LogP contribution in [0.15, 0.2) is 118 Å². The number of carbonyl (C=O) groups excluding carboxylic acids is 2. The van der Waals surface area contributed by atoms with E-state index in [4.69, 9.17) is 42.2 Å². The summed E-state index contributed by atoms with van der Waals surface area (Å²) in [4.78, 5) is 27.3. The van der Waals surface area contributed by atoms with Gasteiger partial charge in [-0.05, 0) is 45.8 Å². The molecular weight excluding hydrogens is 898 g/mol. The van der Waals surface area contributed by atoms with Crippen LogP contribution in [0.2, 0.25) is 0 Å². The Balaban J connectivity index is 0. The molecule has 1 atom stereocenters. The fourth-order valence-corrected chi connectivity index (χ4v) is 12.2. The fraction of sp³-hybridized carbons (Fsp3) is 0.200. The smallest absolute Gasteiger partial charge is 0 e. The molecule has 0 amide bonds. The van der Waals surface area contributed by atoms with Crippen LogP contribution in [0.3, 0.4) is 0 Å². The summed E-state index contributed by atoms with van der Waals surface area (Å²) in [5.41, 5.74) is 4.67. The number of allylic oxidation sites excluding steroid dienone is 4. The van der Waals surface area contributed by atoms with Crippen molar-refractivity contribution in [2.75, 3.05) is 14.2 Å². The van der Waals surface area contributed by atoms with Gasteiger partial charge in [-0.2, -0.15) is 0 Å². The van der Waals surface area contributed by atoms with E-state index >= 15 is 0 Å². The van der Waals surface area contributed by atoms with Crippen LogP contribution in [0.1, 0.15) is 55.1 Å². The second-order valence-electron chi connectivity index (χ2n) is 10.8. The topological polar surface area (TPSA) is 177 Å². The molecule has 1 aliphatic rings. The molecular formula is C40H36N2O9P2W. The van der Waals surface area contributed by atoms with Gasteiger partial charge >= 0.3 is 68.5 Å². The van der Waals surface area contributed by atoms with Crippen LogP contribution in [0.25, 0.3) is 0 Å². The molecule has 276 valence electrons. The third kappa shape index (κ3) is 10.1. The molecule has 0 spiro atoms. The number of aromatic nitrogens is 1. The summed E-state index contributed by atoms with van der Waals surface area (Å²) in [6.45, 7) is 33.0. The van der Waals surface area contributed by atoms with Gasteiger partial charge in [-0.3, -0.25) is 0 Å². The molecule has 0 saturated heterocycles.